The molecule has 18 heavy (non-hydrogen) atoms. The van der Waals surface area contributed by atoms with Gasteiger partial charge < -0.3 is 15.7 Å². The van der Waals surface area contributed by atoms with E-state index in [9.17, 15) is 9.59 Å². The highest BCUT2D eigenvalue weighted by atomic mass is 16.4. The second-order valence-corrected chi connectivity index (χ2v) is 6.26. The first-order valence-electron chi connectivity index (χ1n) is 6.49. The van der Waals surface area contributed by atoms with Crippen LogP contribution >= 0.6 is 0 Å². The van der Waals surface area contributed by atoms with E-state index in [1.165, 1.54) is 12.8 Å². The predicted molar refractivity (Wildman–Crippen MR) is 69.3 cm³/mol. The van der Waals surface area contributed by atoms with Crippen LogP contribution in [0.4, 0.5) is 4.79 Å². The summed E-state index contributed by atoms with van der Waals surface area (Å²) in [6.45, 7) is 7.75. The van der Waals surface area contributed by atoms with Gasteiger partial charge in [-0.2, -0.15) is 0 Å². The Morgan fingerprint density at radius 3 is 2.22 bits per heavy atom. The van der Waals surface area contributed by atoms with Crippen molar-refractivity contribution < 1.29 is 14.7 Å². The van der Waals surface area contributed by atoms with Crippen LogP contribution in [-0.4, -0.2) is 29.2 Å². The normalized spacial score (nSPS) is 18.9. The van der Waals surface area contributed by atoms with Crippen molar-refractivity contribution in [3.8, 4) is 0 Å². The van der Waals surface area contributed by atoms with E-state index in [-0.39, 0.29) is 30.0 Å². The quantitative estimate of drug-likeness (QED) is 0.703. The molecule has 1 rings (SSSR count). The van der Waals surface area contributed by atoms with E-state index in [2.05, 4.69) is 10.6 Å². The molecule has 2 unspecified atom stereocenters. The number of rotatable bonds is 5. The number of hydrogen-bond acceptors (Lipinski definition) is 2. The number of urea groups is 1. The lowest BCUT2D eigenvalue weighted by molar-refractivity contribution is -0.138. The van der Waals surface area contributed by atoms with E-state index >= 15 is 0 Å². The van der Waals surface area contributed by atoms with Crippen LogP contribution in [0.3, 0.4) is 0 Å². The molecule has 5 nitrogen and oxygen atoms in total. The largest absolute Gasteiger partial charge is 0.481 e. The Balaban J connectivity index is 2.48. The van der Waals surface area contributed by atoms with Crippen LogP contribution in [0.2, 0.25) is 0 Å². The van der Waals surface area contributed by atoms with Gasteiger partial charge in [0.1, 0.15) is 0 Å². The summed E-state index contributed by atoms with van der Waals surface area (Å²) < 4.78 is 0. The number of carbonyl (C=O) groups excluding carboxylic acids is 1. The van der Waals surface area contributed by atoms with E-state index in [4.69, 9.17) is 5.11 Å². The summed E-state index contributed by atoms with van der Waals surface area (Å²) in [5.74, 6) is -0.311. The van der Waals surface area contributed by atoms with Gasteiger partial charge in [-0.15, -0.1) is 0 Å². The van der Waals surface area contributed by atoms with Crippen molar-refractivity contribution in [3.63, 3.8) is 0 Å². The Kier molecular flexibility index (Phi) is 4.59. The molecular formula is C13H24N2O3. The number of carboxylic acid groups (broad SMARTS) is 1. The fourth-order valence-corrected chi connectivity index (χ4v) is 1.87. The first-order valence-corrected chi connectivity index (χ1v) is 6.49. The van der Waals surface area contributed by atoms with Crippen LogP contribution in [0.15, 0.2) is 0 Å². The minimum atomic E-state index is -0.898. The number of carbonyl (C=O) groups is 2. The first-order chi connectivity index (χ1) is 8.20. The van der Waals surface area contributed by atoms with E-state index in [1.54, 1.807) is 0 Å². The molecular weight excluding hydrogens is 232 g/mol. The SMILES string of the molecule is CC(NC(=O)NC(CC(=O)O)C(C)(C)C)C1CC1. The number of hydrogen-bond donors (Lipinski definition) is 3. The molecule has 0 bridgehead atoms. The van der Waals surface area contributed by atoms with E-state index in [0.29, 0.717) is 5.92 Å². The van der Waals surface area contributed by atoms with Crippen LogP contribution in [-0.2, 0) is 4.79 Å². The molecule has 0 aromatic heterocycles. The molecule has 104 valence electrons. The van der Waals surface area contributed by atoms with Gasteiger partial charge in [0.05, 0.1) is 6.42 Å². The number of carboxylic acids is 1. The second-order valence-electron chi connectivity index (χ2n) is 6.26. The molecule has 0 saturated heterocycles. The molecule has 0 aromatic carbocycles. The summed E-state index contributed by atoms with van der Waals surface area (Å²) in [6, 6.07) is -0.479. The molecule has 2 atom stereocenters. The van der Waals surface area contributed by atoms with E-state index < -0.39 is 5.97 Å². The van der Waals surface area contributed by atoms with Crippen molar-refractivity contribution in [1.82, 2.24) is 10.6 Å². The maximum Gasteiger partial charge on any atom is 0.315 e. The summed E-state index contributed by atoms with van der Waals surface area (Å²) in [5.41, 5.74) is -0.279. The van der Waals surface area contributed by atoms with Gasteiger partial charge >= 0.3 is 12.0 Å². The molecule has 0 heterocycles. The summed E-state index contributed by atoms with van der Waals surface area (Å²) in [7, 11) is 0. The molecule has 2 amide bonds. The third-order valence-electron chi connectivity index (χ3n) is 3.42. The lowest BCUT2D eigenvalue weighted by Crippen LogP contribution is -2.51. The van der Waals surface area contributed by atoms with Gasteiger partial charge in [0, 0.05) is 12.1 Å². The maximum absolute atomic E-state index is 11.8. The van der Waals surface area contributed by atoms with Gasteiger partial charge in [-0.25, -0.2) is 4.79 Å². The summed E-state index contributed by atoms with van der Waals surface area (Å²) in [5, 5.41) is 14.5. The monoisotopic (exact) mass is 256 g/mol. The van der Waals surface area contributed by atoms with Gasteiger partial charge in [-0.05, 0) is 31.1 Å². The van der Waals surface area contributed by atoms with Gasteiger partial charge in [-0.3, -0.25) is 4.79 Å². The smallest absolute Gasteiger partial charge is 0.315 e. The minimum absolute atomic E-state index is 0.0608. The molecule has 1 saturated carbocycles. The molecule has 1 fully saturated rings. The van der Waals surface area contributed by atoms with Crippen molar-refractivity contribution in [3.05, 3.63) is 0 Å². The second kappa shape index (κ2) is 5.59. The van der Waals surface area contributed by atoms with Crippen LogP contribution in [0, 0.1) is 11.3 Å². The zero-order valence-electron chi connectivity index (χ0n) is 11.6. The Bertz CT molecular complexity index is 319. The standard InChI is InChI=1S/C13H24N2O3/c1-8(9-5-6-9)14-12(18)15-10(7-11(16)17)13(2,3)4/h8-10H,5-7H2,1-4H3,(H,16,17)(H2,14,15,18). The summed E-state index contributed by atoms with van der Waals surface area (Å²) in [6.07, 6.45) is 2.27. The molecule has 0 aromatic rings. The maximum atomic E-state index is 11.8. The van der Waals surface area contributed by atoms with Crippen molar-refractivity contribution in [2.75, 3.05) is 0 Å². The molecule has 0 spiro atoms. The molecule has 0 aliphatic heterocycles. The lowest BCUT2D eigenvalue weighted by atomic mass is 9.85. The Morgan fingerprint density at radius 2 is 1.83 bits per heavy atom. The highest BCUT2D eigenvalue weighted by Crippen LogP contribution is 2.32. The fraction of sp³-hybridized carbons (Fsp3) is 0.846. The van der Waals surface area contributed by atoms with Crippen molar-refractivity contribution in [2.24, 2.45) is 11.3 Å². The number of amides is 2. The summed E-state index contributed by atoms with van der Waals surface area (Å²) in [4.78, 5) is 22.6. The van der Waals surface area contributed by atoms with Gasteiger partial charge in [0.25, 0.3) is 0 Å². The zero-order valence-corrected chi connectivity index (χ0v) is 11.6. The molecule has 5 heteroatoms. The highest BCUT2D eigenvalue weighted by molar-refractivity contribution is 5.76. The van der Waals surface area contributed by atoms with Gasteiger partial charge in [-0.1, -0.05) is 20.8 Å². The molecule has 0 radical (unpaired) electrons. The summed E-state index contributed by atoms with van der Waals surface area (Å²) >= 11 is 0. The number of aliphatic carboxylic acids is 1. The lowest BCUT2D eigenvalue weighted by Gasteiger charge is -2.30. The van der Waals surface area contributed by atoms with Gasteiger partial charge in [0.2, 0.25) is 0 Å². The van der Waals surface area contributed by atoms with Crippen molar-refractivity contribution in [2.45, 2.75) is 59.0 Å². The van der Waals surface area contributed by atoms with E-state index in [1.807, 2.05) is 27.7 Å². The Labute approximate surface area is 108 Å². The van der Waals surface area contributed by atoms with Crippen molar-refractivity contribution in [1.29, 1.82) is 0 Å². The topological polar surface area (TPSA) is 78.4 Å². The molecule has 3 N–H and O–H groups in total. The zero-order chi connectivity index (χ0) is 13.9. The predicted octanol–water partition coefficient (Wildman–Crippen LogP) is 1.97. The third kappa shape index (κ3) is 4.94. The third-order valence-corrected chi connectivity index (χ3v) is 3.42. The first kappa shape index (κ1) is 14.8. The van der Waals surface area contributed by atoms with Crippen LogP contribution in [0.5, 0.6) is 0 Å². The van der Waals surface area contributed by atoms with E-state index in [0.717, 1.165) is 0 Å². The van der Waals surface area contributed by atoms with Crippen LogP contribution in [0.25, 0.3) is 0 Å². The Morgan fingerprint density at radius 1 is 1.28 bits per heavy atom. The van der Waals surface area contributed by atoms with Crippen LogP contribution in [0.1, 0.15) is 47.0 Å². The molecule has 1 aliphatic carbocycles. The average Bonchev–Trinajstić information content (AvgIpc) is 2.96. The Hall–Kier alpha value is -1.26. The average molecular weight is 256 g/mol. The van der Waals surface area contributed by atoms with Crippen LogP contribution < -0.4 is 10.6 Å². The fourth-order valence-electron chi connectivity index (χ4n) is 1.87. The number of nitrogens with one attached hydrogen (secondary N) is 2. The van der Waals surface area contributed by atoms with Crippen molar-refractivity contribution >= 4 is 12.0 Å². The minimum Gasteiger partial charge on any atom is -0.481 e. The van der Waals surface area contributed by atoms with Gasteiger partial charge in [0.15, 0.2) is 0 Å². The highest BCUT2D eigenvalue weighted by Gasteiger charge is 2.31. The molecule has 1 aliphatic rings.